The lowest BCUT2D eigenvalue weighted by Gasteiger charge is -2.36. The second-order valence-electron chi connectivity index (χ2n) is 5.83. The Morgan fingerprint density at radius 2 is 1.79 bits per heavy atom. The summed E-state index contributed by atoms with van der Waals surface area (Å²) >= 11 is 0. The van der Waals surface area contributed by atoms with Crippen molar-refractivity contribution in [2.45, 2.75) is 13.3 Å². The van der Waals surface area contributed by atoms with Gasteiger partial charge in [0.1, 0.15) is 17.8 Å². The first-order valence-electron chi connectivity index (χ1n) is 8.43. The molecule has 1 fully saturated rings. The molecule has 1 N–H and O–H groups in total. The third-order valence-electron chi connectivity index (χ3n) is 4.15. The molecule has 0 radical (unpaired) electrons. The molecule has 0 unspecified atom stereocenters. The Kier molecular flexibility index (Phi) is 5.25. The van der Waals surface area contributed by atoms with Crippen LogP contribution in [0.1, 0.15) is 23.8 Å². The van der Waals surface area contributed by atoms with E-state index in [-0.39, 0.29) is 5.91 Å². The Morgan fingerprint density at radius 1 is 1.08 bits per heavy atom. The van der Waals surface area contributed by atoms with E-state index in [9.17, 15) is 4.79 Å². The minimum Gasteiger partial charge on any atom is -0.368 e. The van der Waals surface area contributed by atoms with Crippen molar-refractivity contribution < 1.29 is 4.79 Å². The van der Waals surface area contributed by atoms with Gasteiger partial charge in [-0.1, -0.05) is 25.1 Å². The number of para-hydroxylation sites is 1. The van der Waals surface area contributed by atoms with E-state index in [0.29, 0.717) is 12.2 Å². The number of amides is 1. The maximum absolute atomic E-state index is 12.0. The van der Waals surface area contributed by atoms with Crippen molar-refractivity contribution in [1.29, 1.82) is 0 Å². The summed E-state index contributed by atoms with van der Waals surface area (Å²) in [5.41, 5.74) is 1.68. The smallest absolute Gasteiger partial charge is 0.270 e. The average molecular weight is 325 g/mol. The first-order valence-corrected chi connectivity index (χ1v) is 8.43. The second-order valence-corrected chi connectivity index (χ2v) is 5.83. The fraction of sp³-hybridized carbons (Fsp3) is 0.389. The standard InChI is InChI=1S/C18H23N5O/c1-2-8-19-18(24)16-13-17(21-14-20-16)23-11-9-22(10-12-23)15-6-4-3-5-7-15/h3-7,13-14H,2,8-12H2,1H3,(H,19,24). The summed E-state index contributed by atoms with van der Waals surface area (Å²) in [6.07, 6.45) is 2.38. The maximum Gasteiger partial charge on any atom is 0.270 e. The second kappa shape index (κ2) is 7.77. The van der Waals surface area contributed by atoms with E-state index >= 15 is 0 Å². The summed E-state index contributed by atoms with van der Waals surface area (Å²) in [5.74, 6) is 0.683. The van der Waals surface area contributed by atoms with Crippen LogP contribution in [-0.4, -0.2) is 48.6 Å². The number of hydrogen-bond acceptors (Lipinski definition) is 5. The highest BCUT2D eigenvalue weighted by molar-refractivity contribution is 5.92. The Morgan fingerprint density at radius 3 is 2.50 bits per heavy atom. The highest BCUT2D eigenvalue weighted by Crippen LogP contribution is 2.19. The van der Waals surface area contributed by atoms with Gasteiger partial charge >= 0.3 is 0 Å². The first-order chi connectivity index (χ1) is 11.8. The number of nitrogens with one attached hydrogen (secondary N) is 1. The largest absolute Gasteiger partial charge is 0.368 e. The first kappa shape index (κ1) is 16.2. The van der Waals surface area contributed by atoms with Gasteiger partial charge in [0, 0.05) is 44.5 Å². The van der Waals surface area contributed by atoms with E-state index in [0.717, 1.165) is 38.4 Å². The van der Waals surface area contributed by atoms with Gasteiger partial charge in [-0.2, -0.15) is 0 Å². The molecule has 2 aromatic rings. The number of rotatable bonds is 5. The maximum atomic E-state index is 12.0. The summed E-state index contributed by atoms with van der Waals surface area (Å²) in [6, 6.07) is 12.2. The molecule has 1 amide bonds. The molecule has 0 saturated carbocycles. The summed E-state index contributed by atoms with van der Waals surface area (Å²) in [7, 11) is 0. The van der Waals surface area contributed by atoms with Crippen molar-refractivity contribution in [2.75, 3.05) is 42.5 Å². The number of anilines is 2. The number of nitrogens with zero attached hydrogens (tertiary/aromatic N) is 4. The molecule has 0 aliphatic carbocycles. The van der Waals surface area contributed by atoms with Crippen LogP contribution in [0.25, 0.3) is 0 Å². The van der Waals surface area contributed by atoms with Gasteiger partial charge in [-0.15, -0.1) is 0 Å². The number of carbonyl (C=O) groups excluding carboxylic acids is 1. The summed E-state index contributed by atoms with van der Waals surface area (Å²) in [5, 5.41) is 2.85. The summed E-state index contributed by atoms with van der Waals surface area (Å²) in [6.45, 7) is 6.31. The molecular formula is C18H23N5O. The van der Waals surface area contributed by atoms with Crippen molar-refractivity contribution in [2.24, 2.45) is 0 Å². The fourth-order valence-electron chi connectivity index (χ4n) is 2.81. The number of aromatic nitrogens is 2. The van der Waals surface area contributed by atoms with Crippen LogP contribution in [0.5, 0.6) is 0 Å². The lowest BCUT2D eigenvalue weighted by molar-refractivity contribution is 0.0948. The van der Waals surface area contributed by atoms with Crippen LogP contribution < -0.4 is 15.1 Å². The highest BCUT2D eigenvalue weighted by Gasteiger charge is 2.19. The Balaban J connectivity index is 1.63. The van der Waals surface area contributed by atoms with Crippen LogP contribution in [0.15, 0.2) is 42.7 Å². The van der Waals surface area contributed by atoms with Gasteiger partial charge in [0.25, 0.3) is 5.91 Å². The fourth-order valence-corrected chi connectivity index (χ4v) is 2.81. The molecule has 1 aliphatic heterocycles. The van der Waals surface area contributed by atoms with E-state index in [4.69, 9.17) is 0 Å². The van der Waals surface area contributed by atoms with Gasteiger partial charge in [-0.3, -0.25) is 4.79 Å². The minimum atomic E-state index is -0.136. The van der Waals surface area contributed by atoms with Crippen LogP contribution in [0, 0.1) is 0 Å². The normalized spacial score (nSPS) is 14.5. The van der Waals surface area contributed by atoms with E-state index in [1.165, 1.54) is 12.0 Å². The van der Waals surface area contributed by atoms with Crippen LogP contribution in [0.4, 0.5) is 11.5 Å². The van der Waals surface area contributed by atoms with Gasteiger partial charge in [-0.05, 0) is 18.6 Å². The quantitative estimate of drug-likeness (QED) is 0.910. The highest BCUT2D eigenvalue weighted by atomic mass is 16.1. The van der Waals surface area contributed by atoms with Crippen LogP contribution in [-0.2, 0) is 0 Å². The van der Waals surface area contributed by atoms with Gasteiger partial charge in [0.05, 0.1) is 0 Å². The number of hydrogen-bond donors (Lipinski definition) is 1. The zero-order chi connectivity index (χ0) is 16.8. The molecule has 24 heavy (non-hydrogen) atoms. The minimum absolute atomic E-state index is 0.136. The van der Waals surface area contributed by atoms with Gasteiger partial charge in [0.15, 0.2) is 0 Å². The molecule has 1 aromatic carbocycles. The van der Waals surface area contributed by atoms with Crippen molar-refractivity contribution in [3.8, 4) is 0 Å². The Hall–Kier alpha value is -2.63. The average Bonchev–Trinajstić information content (AvgIpc) is 2.67. The van der Waals surface area contributed by atoms with E-state index in [1.54, 1.807) is 6.07 Å². The third kappa shape index (κ3) is 3.82. The van der Waals surface area contributed by atoms with Crippen molar-refractivity contribution >= 4 is 17.4 Å². The topological polar surface area (TPSA) is 61.4 Å². The van der Waals surface area contributed by atoms with Gasteiger partial charge in [-0.25, -0.2) is 9.97 Å². The monoisotopic (exact) mass is 325 g/mol. The number of piperazine rings is 1. The molecule has 0 atom stereocenters. The van der Waals surface area contributed by atoms with Crippen LogP contribution >= 0.6 is 0 Å². The molecule has 126 valence electrons. The van der Waals surface area contributed by atoms with E-state index < -0.39 is 0 Å². The molecule has 6 nitrogen and oxygen atoms in total. The molecule has 3 rings (SSSR count). The van der Waals surface area contributed by atoms with Crippen LogP contribution in [0.3, 0.4) is 0 Å². The summed E-state index contributed by atoms with van der Waals surface area (Å²) < 4.78 is 0. The van der Waals surface area contributed by atoms with Crippen LogP contribution in [0.2, 0.25) is 0 Å². The summed E-state index contributed by atoms with van der Waals surface area (Å²) in [4.78, 5) is 25.1. The van der Waals surface area contributed by atoms with E-state index in [1.807, 2.05) is 13.0 Å². The molecule has 1 saturated heterocycles. The molecule has 2 heterocycles. The predicted octanol–water partition coefficient (Wildman–Crippen LogP) is 1.94. The van der Waals surface area contributed by atoms with Crippen molar-refractivity contribution in [3.05, 3.63) is 48.4 Å². The molecule has 6 heteroatoms. The third-order valence-corrected chi connectivity index (χ3v) is 4.15. The molecule has 1 aliphatic rings. The lowest BCUT2D eigenvalue weighted by atomic mass is 10.2. The van der Waals surface area contributed by atoms with Crippen molar-refractivity contribution in [3.63, 3.8) is 0 Å². The number of benzene rings is 1. The molecule has 0 bridgehead atoms. The van der Waals surface area contributed by atoms with Gasteiger partial charge < -0.3 is 15.1 Å². The van der Waals surface area contributed by atoms with Crippen molar-refractivity contribution in [1.82, 2.24) is 15.3 Å². The predicted molar refractivity (Wildman–Crippen MR) is 95.5 cm³/mol. The zero-order valence-electron chi connectivity index (χ0n) is 14.0. The lowest BCUT2D eigenvalue weighted by Crippen LogP contribution is -2.47. The zero-order valence-corrected chi connectivity index (χ0v) is 14.0. The van der Waals surface area contributed by atoms with E-state index in [2.05, 4.69) is 49.4 Å². The Bertz CT molecular complexity index is 668. The Labute approximate surface area is 142 Å². The number of carbonyl (C=O) groups is 1. The molecule has 0 spiro atoms. The molecular weight excluding hydrogens is 302 g/mol. The SMILES string of the molecule is CCCNC(=O)c1cc(N2CCN(c3ccccc3)CC2)ncn1. The molecule has 1 aromatic heterocycles. The van der Waals surface area contributed by atoms with Gasteiger partial charge in [0.2, 0.25) is 0 Å².